The fourth-order valence-corrected chi connectivity index (χ4v) is 2.16. The molecule has 0 saturated heterocycles. The standard InChI is InChI=1S/C13H11N/c1-9-2-3-12-11(6-9)7-10-4-5-14-8-13(10)12/h2-6,8H,7H2,1H3. The summed E-state index contributed by atoms with van der Waals surface area (Å²) in [7, 11) is 0. The Kier molecular flexibility index (Phi) is 1.48. The largest absolute Gasteiger partial charge is 0.264 e. The summed E-state index contributed by atoms with van der Waals surface area (Å²) in [5.74, 6) is 0. The van der Waals surface area contributed by atoms with E-state index in [1.165, 1.54) is 27.8 Å². The van der Waals surface area contributed by atoms with Crippen LogP contribution in [0.4, 0.5) is 0 Å². The Morgan fingerprint density at radius 3 is 2.93 bits per heavy atom. The van der Waals surface area contributed by atoms with Crippen LogP contribution in [0.15, 0.2) is 36.7 Å². The molecule has 0 amide bonds. The van der Waals surface area contributed by atoms with E-state index in [1.807, 2.05) is 12.4 Å². The van der Waals surface area contributed by atoms with Crippen LogP contribution in [0.5, 0.6) is 0 Å². The number of hydrogen-bond donors (Lipinski definition) is 0. The zero-order chi connectivity index (χ0) is 9.54. The van der Waals surface area contributed by atoms with Crippen LogP contribution >= 0.6 is 0 Å². The number of pyridine rings is 1. The van der Waals surface area contributed by atoms with Gasteiger partial charge in [0.1, 0.15) is 0 Å². The molecule has 2 aromatic rings. The molecule has 1 aliphatic carbocycles. The van der Waals surface area contributed by atoms with Crippen molar-refractivity contribution in [1.29, 1.82) is 0 Å². The molecule has 0 aliphatic heterocycles. The van der Waals surface area contributed by atoms with Crippen LogP contribution in [0.3, 0.4) is 0 Å². The van der Waals surface area contributed by atoms with Crippen molar-refractivity contribution in [3.8, 4) is 11.1 Å². The molecule has 0 atom stereocenters. The van der Waals surface area contributed by atoms with E-state index in [2.05, 4.69) is 36.2 Å². The van der Waals surface area contributed by atoms with Crippen molar-refractivity contribution in [2.45, 2.75) is 13.3 Å². The molecule has 68 valence electrons. The second-order valence-corrected chi connectivity index (χ2v) is 3.87. The number of hydrogen-bond acceptors (Lipinski definition) is 1. The second-order valence-electron chi connectivity index (χ2n) is 3.87. The SMILES string of the molecule is Cc1ccc2c(c1)Cc1ccncc1-2. The molecule has 1 aromatic carbocycles. The van der Waals surface area contributed by atoms with Gasteiger partial charge in [0.25, 0.3) is 0 Å². The van der Waals surface area contributed by atoms with Crippen LogP contribution in [0, 0.1) is 6.92 Å². The Hall–Kier alpha value is -1.63. The molecule has 14 heavy (non-hydrogen) atoms. The van der Waals surface area contributed by atoms with Gasteiger partial charge in [-0.15, -0.1) is 0 Å². The lowest BCUT2D eigenvalue weighted by Crippen LogP contribution is -1.80. The van der Waals surface area contributed by atoms with Gasteiger partial charge in [-0.3, -0.25) is 4.98 Å². The van der Waals surface area contributed by atoms with Gasteiger partial charge in [-0.1, -0.05) is 23.8 Å². The summed E-state index contributed by atoms with van der Waals surface area (Å²) in [6, 6.07) is 8.76. The molecular formula is C13H11N. The van der Waals surface area contributed by atoms with Crippen LogP contribution in [-0.2, 0) is 6.42 Å². The highest BCUT2D eigenvalue weighted by Gasteiger charge is 2.17. The molecule has 1 nitrogen and oxygen atoms in total. The summed E-state index contributed by atoms with van der Waals surface area (Å²) >= 11 is 0. The van der Waals surface area contributed by atoms with Crippen LogP contribution in [0.25, 0.3) is 11.1 Å². The van der Waals surface area contributed by atoms with Gasteiger partial charge in [0.15, 0.2) is 0 Å². The fraction of sp³-hybridized carbons (Fsp3) is 0.154. The van der Waals surface area contributed by atoms with E-state index in [0.29, 0.717) is 0 Å². The third-order valence-electron chi connectivity index (χ3n) is 2.84. The lowest BCUT2D eigenvalue weighted by molar-refractivity contribution is 1.22. The van der Waals surface area contributed by atoms with Crippen molar-refractivity contribution < 1.29 is 0 Å². The highest BCUT2D eigenvalue weighted by Crippen LogP contribution is 2.35. The Bertz CT molecular complexity index is 500. The normalized spacial score (nSPS) is 12.4. The summed E-state index contributed by atoms with van der Waals surface area (Å²) in [4.78, 5) is 4.18. The third-order valence-corrected chi connectivity index (χ3v) is 2.84. The number of fused-ring (bicyclic) bond motifs is 3. The first kappa shape index (κ1) is 7.74. The molecule has 0 spiro atoms. The maximum absolute atomic E-state index is 4.18. The molecule has 1 heterocycles. The van der Waals surface area contributed by atoms with Gasteiger partial charge in [0.2, 0.25) is 0 Å². The van der Waals surface area contributed by atoms with Crippen molar-refractivity contribution in [2.24, 2.45) is 0 Å². The molecule has 1 aromatic heterocycles. The molecule has 0 radical (unpaired) electrons. The predicted octanol–water partition coefficient (Wildman–Crippen LogP) is 2.96. The van der Waals surface area contributed by atoms with E-state index in [-0.39, 0.29) is 0 Å². The maximum atomic E-state index is 4.18. The van der Waals surface area contributed by atoms with Gasteiger partial charge in [0, 0.05) is 18.0 Å². The quantitative estimate of drug-likeness (QED) is 0.519. The molecule has 3 rings (SSSR count). The van der Waals surface area contributed by atoms with Crippen LogP contribution in [0.2, 0.25) is 0 Å². The predicted molar refractivity (Wildman–Crippen MR) is 57.2 cm³/mol. The number of benzene rings is 1. The van der Waals surface area contributed by atoms with Gasteiger partial charge in [-0.2, -0.15) is 0 Å². The number of rotatable bonds is 0. The van der Waals surface area contributed by atoms with Crippen LogP contribution in [0.1, 0.15) is 16.7 Å². The van der Waals surface area contributed by atoms with E-state index in [1.54, 1.807) is 0 Å². The zero-order valence-corrected chi connectivity index (χ0v) is 8.12. The molecule has 1 heteroatoms. The van der Waals surface area contributed by atoms with E-state index in [9.17, 15) is 0 Å². The van der Waals surface area contributed by atoms with E-state index in [0.717, 1.165) is 6.42 Å². The van der Waals surface area contributed by atoms with Gasteiger partial charge in [-0.05, 0) is 36.1 Å². The highest BCUT2D eigenvalue weighted by molar-refractivity contribution is 5.76. The minimum absolute atomic E-state index is 1.06. The smallest absolute Gasteiger partial charge is 0.0349 e. The molecule has 0 bridgehead atoms. The van der Waals surface area contributed by atoms with Gasteiger partial charge in [0.05, 0.1) is 0 Å². The summed E-state index contributed by atoms with van der Waals surface area (Å²) in [6.07, 6.45) is 4.91. The van der Waals surface area contributed by atoms with Crippen molar-refractivity contribution >= 4 is 0 Å². The Morgan fingerprint density at radius 1 is 1.07 bits per heavy atom. The van der Waals surface area contributed by atoms with Gasteiger partial charge < -0.3 is 0 Å². The van der Waals surface area contributed by atoms with E-state index >= 15 is 0 Å². The number of nitrogens with zero attached hydrogens (tertiary/aromatic N) is 1. The third kappa shape index (κ3) is 0.987. The minimum Gasteiger partial charge on any atom is -0.264 e. The molecule has 0 fully saturated rings. The van der Waals surface area contributed by atoms with E-state index < -0.39 is 0 Å². The lowest BCUT2D eigenvalue weighted by atomic mass is 10.1. The Morgan fingerprint density at radius 2 is 2.00 bits per heavy atom. The number of aryl methyl sites for hydroxylation is 1. The number of aromatic nitrogens is 1. The average molecular weight is 181 g/mol. The molecule has 0 unspecified atom stereocenters. The monoisotopic (exact) mass is 181 g/mol. The minimum atomic E-state index is 1.06. The lowest BCUT2D eigenvalue weighted by Gasteiger charge is -2.00. The Balaban J connectivity index is 2.27. The zero-order valence-electron chi connectivity index (χ0n) is 8.12. The maximum Gasteiger partial charge on any atom is 0.0349 e. The topological polar surface area (TPSA) is 12.9 Å². The molecule has 0 saturated carbocycles. The van der Waals surface area contributed by atoms with E-state index in [4.69, 9.17) is 0 Å². The summed E-state index contributed by atoms with van der Waals surface area (Å²) in [5.41, 5.74) is 6.85. The first-order valence-corrected chi connectivity index (χ1v) is 4.87. The van der Waals surface area contributed by atoms with Crippen molar-refractivity contribution in [1.82, 2.24) is 4.98 Å². The highest BCUT2D eigenvalue weighted by atomic mass is 14.6. The molecular weight excluding hydrogens is 170 g/mol. The fourth-order valence-electron chi connectivity index (χ4n) is 2.16. The molecule has 1 aliphatic rings. The summed E-state index contributed by atoms with van der Waals surface area (Å²) in [5, 5.41) is 0. The van der Waals surface area contributed by atoms with Crippen LogP contribution in [-0.4, -0.2) is 4.98 Å². The summed E-state index contributed by atoms with van der Waals surface area (Å²) in [6.45, 7) is 2.14. The van der Waals surface area contributed by atoms with Crippen molar-refractivity contribution in [3.05, 3.63) is 53.3 Å². The second kappa shape index (κ2) is 2.68. The van der Waals surface area contributed by atoms with Crippen LogP contribution < -0.4 is 0 Å². The average Bonchev–Trinajstić information content (AvgIpc) is 2.54. The van der Waals surface area contributed by atoms with Gasteiger partial charge in [-0.25, -0.2) is 0 Å². The van der Waals surface area contributed by atoms with Crippen molar-refractivity contribution in [2.75, 3.05) is 0 Å². The first-order chi connectivity index (χ1) is 6.84. The molecule has 0 N–H and O–H groups in total. The van der Waals surface area contributed by atoms with Crippen molar-refractivity contribution in [3.63, 3.8) is 0 Å². The Labute approximate surface area is 83.4 Å². The first-order valence-electron chi connectivity index (χ1n) is 4.87. The van der Waals surface area contributed by atoms with Gasteiger partial charge >= 0.3 is 0 Å². The summed E-state index contributed by atoms with van der Waals surface area (Å²) < 4.78 is 0.